The number of hydrogen-bond acceptors (Lipinski definition) is 5. The minimum atomic E-state index is -1.18. The van der Waals surface area contributed by atoms with Crippen molar-refractivity contribution < 1.29 is 24.5 Å². The van der Waals surface area contributed by atoms with Crippen LogP contribution >= 0.6 is 7.92 Å². The number of aliphatic hydroxyl groups excluding tert-OH is 2. The van der Waals surface area contributed by atoms with Crippen molar-refractivity contribution in [3.05, 3.63) is 11.6 Å². The first kappa shape index (κ1) is 21.4. The zero-order valence-corrected chi connectivity index (χ0v) is 15.0. The molecular formula is C16H29O5P. The van der Waals surface area contributed by atoms with Crippen molar-refractivity contribution in [2.24, 2.45) is 5.41 Å². The van der Waals surface area contributed by atoms with Crippen LogP contribution in [0, 0.1) is 5.41 Å². The molecule has 0 aliphatic carbocycles. The van der Waals surface area contributed by atoms with E-state index in [0.717, 1.165) is 12.0 Å². The maximum Gasteiger partial charge on any atom is 0.226 e. The zero-order valence-electron chi connectivity index (χ0n) is 14.1. The second-order valence-electron chi connectivity index (χ2n) is 5.80. The molecule has 0 heterocycles. The van der Waals surface area contributed by atoms with Crippen LogP contribution in [0.4, 0.5) is 0 Å². The topological polar surface area (TPSA) is 83.8 Å². The number of ether oxygens (including phenoxy) is 1. The Labute approximate surface area is 134 Å². The Balaban J connectivity index is 4.69. The fourth-order valence-electron chi connectivity index (χ4n) is 1.81. The van der Waals surface area contributed by atoms with Gasteiger partial charge in [-0.15, -0.1) is 0 Å². The third-order valence-corrected chi connectivity index (χ3v) is 5.76. The normalized spacial score (nSPS) is 12.8. The molecule has 0 aliphatic rings. The smallest absolute Gasteiger partial charge is 0.226 e. The molecule has 6 heteroatoms. The standard InChI is InChI=1S/C16H29O5P/c1-5-7-22(15(20)14(19)8-13(3)4)12-21-11-16(6-2,9-17)10-18/h8,17-18H,5-7,9-12H2,1-4H3. The maximum absolute atomic E-state index is 12.2. The van der Waals surface area contributed by atoms with E-state index >= 15 is 0 Å². The third-order valence-electron chi connectivity index (χ3n) is 3.49. The molecule has 0 fully saturated rings. The second-order valence-corrected chi connectivity index (χ2v) is 7.99. The van der Waals surface area contributed by atoms with Crippen LogP contribution in [0.2, 0.25) is 0 Å². The second kappa shape index (κ2) is 11.0. The van der Waals surface area contributed by atoms with Gasteiger partial charge in [0.25, 0.3) is 0 Å². The van der Waals surface area contributed by atoms with Crippen molar-refractivity contribution in [3.8, 4) is 0 Å². The van der Waals surface area contributed by atoms with Gasteiger partial charge in [-0.25, -0.2) is 0 Å². The van der Waals surface area contributed by atoms with E-state index < -0.39 is 19.1 Å². The predicted molar refractivity (Wildman–Crippen MR) is 89.2 cm³/mol. The molecule has 2 N–H and O–H groups in total. The van der Waals surface area contributed by atoms with Gasteiger partial charge in [0.15, 0.2) is 0 Å². The molecule has 0 rings (SSSR count). The maximum atomic E-state index is 12.2. The van der Waals surface area contributed by atoms with E-state index in [4.69, 9.17) is 4.74 Å². The van der Waals surface area contributed by atoms with Crippen molar-refractivity contribution in [1.29, 1.82) is 0 Å². The number of rotatable bonds is 12. The molecule has 0 spiro atoms. The number of carbonyl (C=O) groups is 2. The lowest BCUT2D eigenvalue weighted by Crippen LogP contribution is -2.34. The molecule has 0 radical (unpaired) electrons. The summed E-state index contributed by atoms with van der Waals surface area (Å²) < 4.78 is 5.58. The van der Waals surface area contributed by atoms with Gasteiger partial charge in [-0.1, -0.05) is 25.8 Å². The van der Waals surface area contributed by atoms with Crippen LogP contribution in [0.15, 0.2) is 11.6 Å². The summed E-state index contributed by atoms with van der Waals surface area (Å²) in [6.45, 7) is 7.24. The molecule has 0 amide bonds. The van der Waals surface area contributed by atoms with Crippen LogP contribution in [0.25, 0.3) is 0 Å². The van der Waals surface area contributed by atoms with Crippen LogP contribution in [0.3, 0.4) is 0 Å². The van der Waals surface area contributed by atoms with E-state index in [1.54, 1.807) is 13.8 Å². The monoisotopic (exact) mass is 332 g/mol. The van der Waals surface area contributed by atoms with E-state index in [2.05, 4.69) is 0 Å². The Hall–Kier alpha value is -0.610. The minimum absolute atomic E-state index is 0.170. The summed E-state index contributed by atoms with van der Waals surface area (Å²) in [6.07, 6.45) is 3.60. The first-order valence-electron chi connectivity index (χ1n) is 7.63. The highest BCUT2D eigenvalue weighted by molar-refractivity contribution is 7.77. The number of allylic oxidation sites excluding steroid dienone is 2. The van der Waals surface area contributed by atoms with Gasteiger partial charge in [0.1, 0.15) is 0 Å². The van der Waals surface area contributed by atoms with Gasteiger partial charge < -0.3 is 14.9 Å². The van der Waals surface area contributed by atoms with Crippen molar-refractivity contribution in [2.75, 3.05) is 32.3 Å². The molecule has 0 aliphatic heterocycles. The van der Waals surface area contributed by atoms with E-state index in [0.29, 0.717) is 12.6 Å². The van der Waals surface area contributed by atoms with Crippen molar-refractivity contribution in [2.45, 2.75) is 40.5 Å². The molecule has 0 aromatic rings. The van der Waals surface area contributed by atoms with Crippen LogP contribution in [0.1, 0.15) is 40.5 Å². The lowest BCUT2D eigenvalue weighted by Gasteiger charge is -2.28. The molecule has 1 unspecified atom stereocenters. The van der Waals surface area contributed by atoms with E-state index in [9.17, 15) is 19.8 Å². The molecule has 0 saturated heterocycles. The Morgan fingerprint density at radius 1 is 1.18 bits per heavy atom. The van der Waals surface area contributed by atoms with Gasteiger partial charge in [-0.2, -0.15) is 0 Å². The largest absolute Gasteiger partial charge is 0.396 e. The Bertz CT molecular complexity index is 376. The summed E-state index contributed by atoms with van der Waals surface area (Å²) in [6, 6.07) is 0. The van der Waals surface area contributed by atoms with Crippen molar-refractivity contribution in [1.82, 2.24) is 0 Å². The summed E-state index contributed by atoms with van der Waals surface area (Å²) in [5.74, 6) is -0.464. The van der Waals surface area contributed by atoms with Crippen molar-refractivity contribution in [3.63, 3.8) is 0 Å². The Morgan fingerprint density at radius 2 is 1.77 bits per heavy atom. The number of hydrogen-bond donors (Lipinski definition) is 2. The molecule has 22 heavy (non-hydrogen) atoms. The first-order chi connectivity index (χ1) is 10.4. The average Bonchev–Trinajstić information content (AvgIpc) is 2.49. The zero-order chi connectivity index (χ0) is 17.2. The Kier molecular flexibility index (Phi) is 10.7. The molecule has 0 bridgehead atoms. The lowest BCUT2D eigenvalue weighted by atomic mass is 9.88. The number of aliphatic hydroxyl groups is 2. The van der Waals surface area contributed by atoms with Crippen LogP contribution in [0.5, 0.6) is 0 Å². The highest BCUT2D eigenvalue weighted by Gasteiger charge is 2.29. The molecule has 1 atom stereocenters. The fourth-order valence-corrected chi connectivity index (χ4v) is 3.49. The van der Waals surface area contributed by atoms with Gasteiger partial charge in [0, 0.05) is 13.3 Å². The van der Waals surface area contributed by atoms with Crippen LogP contribution in [-0.4, -0.2) is 53.9 Å². The molecular weight excluding hydrogens is 303 g/mol. The van der Waals surface area contributed by atoms with Crippen molar-refractivity contribution >= 4 is 19.2 Å². The highest BCUT2D eigenvalue weighted by atomic mass is 31.1. The minimum Gasteiger partial charge on any atom is -0.396 e. The average molecular weight is 332 g/mol. The van der Waals surface area contributed by atoms with Gasteiger partial charge in [0.2, 0.25) is 11.3 Å². The molecule has 0 aromatic carbocycles. The van der Waals surface area contributed by atoms with Crippen LogP contribution in [-0.2, 0) is 14.3 Å². The fraction of sp³-hybridized carbons (Fsp3) is 0.750. The number of ketones is 1. The molecule has 5 nitrogen and oxygen atoms in total. The quantitative estimate of drug-likeness (QED) is 0.325. The van der Waals surface area contributed by atoms with Gasteiger partial charge in [-0.3, -0.25) is 9.59 Å². The highest BCUT2D eigenvalue weighted by Crippen LogP contribution is 2.38. The van der Waals surface area contributed by atoms with E-state index in [1.165, 1.54) is 6.08 Å². The summed E-state index contributed by atoms with van der Waals surface area (Å²) >= 11 is 0. The summed E-state index contributed by atoms with van der Waals surface area (Å²) in [5, 5.41) is 18.8. The summed E-state index contributed by atoms with van der Waals surface area (Å²) in [4.78, 5) is 24.0. The van der Waals surface area contributed by atoms with Gasteiger partial charge in [-0.05, 0) is 32.5 Å². The summed E-state index contributed by atoms with van der Waals surface area (Å²) in [7, 11) is -1.18. The van der Waals surface area contributed by atoms with Gasteiger partial charge >= 0.3 is 0 Å². The van der Waals surface area contributed by atoms with Crippen LogP contribution < -0.4 is 0 Å². The first-order valence-corrected chi connectivity index (χ1v) is 9.34. The molecule has 0 aromatic heterocycles. The molecule has 128 valence electrons. The predicted octanol–water partition coefficient (Wildman–Crippen LogP) is 2.30. The number of carbonyl (C=O) groups excluding carboxylic acids is 2. The Morgan fingerprint density at radius 3 is 2.18 bits per heavy atom. The van der Waals surface area contributed by atoms with Gasteiger partial charge in [0.05, 0.1) is 26.2 Å². The lowest BCUT2D eigenvalue weighted by molar-refractivity contribution is -0.129. The third kappa shape index (κ3) is 7.10. The molecule has 0 saturated carbocycles. The SMILES string of the molecule is CCCP(COCC(CC)(CO)CO)C(=O)C(=O)C=C(C)C. The van der Waals surface area contributed by atoms with E-state index in [1.807, 2.05) is 13.8 Å². The summed E-state index contributed by atoms with van der Waals surface area (Å²) in [5.41, 5.74) is -0.246. The van der Waals surface area contributed by atoms with E-state index in [-0.39, 0.29) is 31.7 Å².